The molecular weight excluding hydrogens is 264 g/mol. The molecule has 3 heteroatoms. The fraction of sp³-hybridized carbons (Fsp3) is 0.538. The first-order valence-electron chi connectivity index (χ1n) is 5.89. The van der Waals surface area contributed by atoms with Crippen LogP contribution >= 0.6 is 15.9 Å². The molecule has 0 saturated carbocycles. The van der Waals surface area contributed by atoms with Gasteiger partial charge in [0.2, 0.25) is 0 Å². The summed E-state index contributed by atoms with van der Waals surface area (Å²) in [5.41, 5.74) is 2.86. The van der Waals surface area contributed by atoms with Gasteiger partial charge in [0.1, 0.15) is 0 Å². The second kappa shape index (κ2) is 5.19. The van der Waals surface area contributed by atoms with Gasteiger partial charge in [0, 0.05) is 23.2 Å². The summed E-state index contributed by atoms with van der Waals surface area (Å²) < 4.78 is 1.26. The van der Waals surface area contributed by atoms with Crippen LogP contribution in [0.4, 0.5) is 5.69 Å². The predicted molar refractivity (Wildman–Crippen MR) is 73.2 cm³/mol. The van der Waals surface area contributed by atoms with E-state index in [0.717, 1.165) is 6.54 Å². The molecule has 1 aromatic carbocycles. The van der Waals surface area contributed by atoms with Gasteiger partial charge in [-0.15, -0.1) is 0 Å². The molecule has 0 amide bonds. The highest BCUT2D eigenvalue weighted by Gasteiger charge is 2.26. The molecular formula is C13H19BrN2. The zero-order valence-electron chi connectivity index (χ0n) is 9.96. The number of hydrogen-bond acceptors (Lipinski definition) is 2. The van der Waals surface area contributed by atoms with E-state index in [1.165, 1.54) is 35.0 Å². The molecule has 1 N–H and O–H groups in total. The number of rotatable bonds is 4. The third-order valence-corrected chi connectivity index (χ3v) is 4.17. The van der Waals surface area contributed by atoms with Gasteiger partial charge in [-0.05, 0) is 50.6 Å². The molecule has 1 aromatic rings. The molecule has 2 rings (SSSR count). The van der Waals surface area contributed by atoms with Crippen LogP contribution < -0.4 is 10.2 Å². The molecule has 0 saturated heterocycles. The summed E-state index contributed by atoms with van der Waals surface area (Å²) in [5.74, 6) is 0. The van der Waals surface area contributed by atoms with Crippen molar-refractivity contribution in [3.8, 4) is 0 Å². The fourth-order valence-electron chi connectivity index (χ4n) is 2.46. The van der Waals surface area contributed by atoms with Crippen LogP contribution in [0, 0.1) is 0 Å². The molecule has 1 aliphatic rings. The van der Waals surface area contributed by atoms with Gasteiger partial charge in [0.05, 0.1) is 0 Å². The average Bonchev–Trinajstić information content (AvgIpc) is 2.59. The second-order valence-electron chi connectivity index (χ2n) is 4.45. The molecule has 0 radical (unpaired) electrons. The molecule has 1 atom stereocenters. The standard InChI is InChI=1S/C13H19BrN2/c1-15-8-4-5-10-9-11-12(14)6-3-7-13(11)16(10)2/h3,6-7,10,15H,4-5,8-9H2,1-2H3. The van der Waals surface area contributed by atoms with Gasteiger partial charge in [0.25, 0.3) is 0 Å². The van der Waals surface area contributed by atoms with E-state index in [2.05, 4.69) is 51.4 Å². The minimum absolute atomic E-state index is 0.669. The average molecular weight is 283 g/mol. The summed E-state index contributed by atoms with van der Waals surface area (Å²) in [5, 5.41) is 3.21. The van der Waals surface area contributed by atoms with Crippen molar-refractivity contribution in [2.45, 2.75) is 25.3 Å². The van der Waals surface area contributed by atoms with E-state index in [-0.39, 0.29) is 0 Å². The second-order valence-corrected chi connectivity index (χ2v) is 5.31. The number of nitrogens with zero attached hydrogens (tertiary/aromatic N) is 1. The first kappa shape index (κ1) is 11.9. The van der Waals surface area contributed by atoms with Gasteiger partial charge in [-0.1, -0.05) is 22.0 Å². The van der Waals surface area contributed by atoms with E-state index in [9.17, 15) is 0 Å². The van der Waals surface area contributed by atoms with Gasteiger partial charge in [-0.3, -0.25) is 0 Å². The molecule has 0 aromatic heterocycles. The molecule has 16 heavy (non-hydrogen) atoms. The molecule has 0 bridgehead atoms. The van der Waals surface area contributed by atoms with E-state index in [4.69, 9.17) is 0 Å². The van der Waals surface area contributed by atoms with Crippen molar-refractivity contribution in [3.63, 3.8) is 0 Å². The molecule has 1 aliphatic heterocycles. The molecule has 88 valence electrons. The number of hydrogen-bond donors (Lipinski definition) is 1. The molecule has 0 fully saturated rings. The topological polar surface area (TPSA) is 15.3 Å². The van der Waals surface area contributed by atoms with Crippen molar-refractivity contribution in [3.05, 3.63) is 28.2 Å². The van der Waals surface area contributed by atoms with E-state index in [0.29, 0.717) is 6.04 Å². The summed E-state index contributed by atoms with van der Waals surface area (Å²) in [7, 11) is 4.23. The lowest BCUT2D eigenvalue weighted by Crippen LogP contribution is -2.28. The quantitative estimate of drug-likeness (QED) is 0.855. The SMILES string of the molecule is CNCCCC1Cc2c(Br)cccc2N1C. The van der Waals surface area contributed by atoms with Gasteiger partial charge < -0.3 is 10.2 Å². The Bertz CT molecular complexity index is 365. The minimum Gasteiger partial charge on any atom is -0.371 e. The maximum Gasteiger partial charge on any atom is 0.0410 e. The lowest BCUT2D eigenvalue weighted by Gasteiger charge is -2.22. The zero-order chi connectivity index (χ0) is 11.5. The van der Waals surface area contributed by atoms with Crippen LogP contribution in [-0.4, -0.2) is 26.7 Å². The van der Waals surface area contributed by atoms with Crippen LogP contribution in [-0.2, 0) is 6.42 Å². The van der Waals surface area contributed by atoms with E-state index < -0.39 is 0 Å². The first-order chi connectivity index (χ1) is 7.74. The van der Waals surface area contributed by atoms with Gasteiger partial charge in [0.15, 0.2) is 0 Å². The number of fused-ring (bicyclic) bond motifs is 1. The normalized spacial score (nSPS) is 18.9. The Hall–Kier alpha value is -0.540. The lowest BCUT2D eigenvalue weighted by atomic mass is 10.1. The largest absolute Gasteiger partial charge is 0.371 e. The number of anilines is 1. The monoisotopic (exact) mass is 282 g/mol. The van der Waals surface area contributed by atoms with E-state index in [1.807, 2.05) is 7.05 Å². The third-order valence-electron chi connectivity index (χ3n) is 3.43. The van der Waals surface area contributed by atoms with Crippen molar-refractivity contribution in [1.29, 1.82) is 0 Å². The number of likely N-dealkylation sites (N-methyl/N-ethyl adjacent to an activating group) is 1. The Morgan fingerprint density at radius 1 is 1.50 bits per heavy atom. The number of halogens is 1. The van der Waals surface area contributed by atoms with Crippen LogP contribution in [0.15, 0.2) is 22.7 Å². The summed E-state index contributed by atoms with van der Waals surface area (Å²) in [6, 6.07) is 7.15. The van der Waals surface area contributed by atoms with Crippen LogP contribution in [0.3, 0.4) is 0 Å². The van der Waals surface area contributed by atoms with Crippen LogP contribution in [0.1, 0.15) is 18.4 Å². The van der Waals surface area contributed by atoms with Crippen molar-refractivity contribution >= 4 is 21.6 Å². The van der Waals surface area contributed by atoms with Crippen LogP contribution in [0.2, 0.25) is 0 Å². The van der Waals surface area contributed by atoms with E-state index >= 15 is 0 Å². The summed E-state index contributed by atoms with van der Waals surface area (Å²) in [6.45, 7) is 1.11. The Balaban J connectivity index is 2.06. The summed E-state index contributed by atoms with van der Waals surface area (Å²) in [4.78, 5) is 2.43. The van der Waals surface area contributed by atoms with Crippen LogP contribution in [0.5, 0.6) is 0 Å². The van der Waals surface area contributed by atoms with Crippen LogP contribution in [0.25, 0.3) is 0 Å². The van der Waals surface area contributed by atoms with Crippen molar-refractivity contribution < 1.29 is 0 Å². The van der Waals surface area contributed by atoms with Crippen molar-refractivity contribution in [1.82, 2.24) is 5.32 Å². The molecule has 0 spiro atoms. The van der Waals surface area contributed by atoms with Crippen molar-refractivity contribution in [2.75, 3.05) is 25.5 Å². The smallest absolute Gasteiger partial charge is 0.0410 e. The number of nitrogens with one attached hydrogen (secondary N) is 1. The Labute approximate surface area is 106 Å². The highest BCUT2D eigenvalue weighted by Crippen LogP contribution is 2.36. The molecule has 2 nitrogen and oxygen atoms in total. The zero-order valence-corrected chi connectivity index (χ0v) is 11.5. The Morgan fingerprint density at radius 3 is 3.00 bits per heavy atom. The third kappa shape index (κ3) is 2.25. The maximum atomic E-state index is 3.65. The molecule has 0 aliphatic carbocycles. The molecule has 1 heterocycles. The highest BCUT2D eigenvalue weighted by molar-refractivity contribution is 9.10. The Morgan fingerprint density at radius 2 is 2.31 bits per heavy atom. The van der Waals surface area contributed by atoms with Gasteiger partial charge in [-0.25, -0.2) is 0 Å². The summed E-state index contributed by atoms with van der Waals surface area (Å²) >= 11 is 3.65. The first-order valence-corrected chi connectivity index (χ1v) is 6.68. The number of benzene rings is 1. The fourth-order valence-corrected chi connectivity index (χ4v) is 2.98. The van der Waals surface area contributed by atoms with Gasteiger partial charge >= 0.3 is 0 Å². The Kier molecular flexibility index (Phi) is 3.87. The minimum atomic E-state index is 0.669. The predicted octanol–water partition coefficient (Wildman–Crippen LogP) is 2.81. The van der Waals surface area contributed by atoms with Crippen molar-refractivity contribution in [2.24, 2.45) is 0 Å². The summed E-state index contributed by atoms with van der Waals surface area (Å²) in [6.07, 6.45) is 3.69. The lowest BCUT2D eigenvalue weighted by molar-refractivity contribution is 0.564. The molecule has 1 unspecified atom stereocenters. The maximum absolute atomic E-state index is 3.65. The van der Waals surface area contributed by atoms with Gasteiger partial charge in [-0.2, -0.15) is 0 Å². The van der Waals surface area contributed by atoms with E-state index in [1.54, 1.807) is 0 Å². The highest BCUT2D eigenvalue weighted by atomic mass is 79.9.